The molecule has 0 atom stereocenters. The van der Waals surface area contributed by atoms with E-state index in [4.69, 9.17) is 4.84 Å². The Labute approximate surface area is 148 Å². The van der Waals surface area contributed by atoms with Gasteiger partial charge < -0.3 is 4.84 Å². The van der Waals surface area contributed by atoms with Gasteiger partial charge >= 0.3 is 5.97 Å². The van der Waals surface area contributed by atoms with Crippen molar-refractivity contribution in [3.8, 4) is 0 Å². The summed E-state index contributed by atoms with van der Waals surface area (Å²) in [6, 6.07) is 17.4. The predicted molar refractivity (Wildman–Crippen MR) is 90.1 cm³/mol. The van der Waals surface area contributed by atoms with E-state index < -0.39 is 17.8 Å². The molecule has 2 amide bonds. The number of hydroxylamine groups is 2. The highest BCUT2D eigenvalue weighted by molar-refractivity contribution is 6.21. The van der Waals surface area contributed by atoms with Crippen LogP contribution in [-0.2, 0) is 11.4 Å². The topological polar surface area (TPSA) is 81.5 Å². The van der Waals surface area contributed by atoms with Gasteiger partial charge in [0.1, 0.15) is 0 Å². The summed E-state index contributed by atoms with van der Waals surface area (Å²) in [5.74, 6) is -2.20. The van der Waals surface area contributed by atoms with Crippen LogP contribution < -0.4 is 0 Å². The van der Waals surface area contributed by atoms with Crippen LogP contribution in [0.3, 0.4) is 0 Å². The first-order valence-electron chi connectivity index (χ1n) is 7.91. The molecule has 0 spiro atoms. The van der Waals surface area contributed by atoms with E-state index in [0.717, 1.165) is 5.56 Å². The number of aromatic nitrogens is 2. The minimum absolute atomic E-state index is 0.0116. The third-order valence-electron chi connectivity index (χ3n) is 3.97. The quantitative estimate of drug-likeness (QED) is 0.677. The van der Waals surface area contributed by atoms with Crippen LogP contribution >= 0.6 is 0 Å². The second kappa shape index (κ2) is 6.29. The van der Waals surface area contributed by atoms with Gasteiger partial charge in [0.25, 0.3) is 11.8 Å². The first-order valence-corrected chi connectivity index (χ1v) is 7.91. The van der Waals surface area contributed by atoms with Crippen molar-refractivity contribution in [1.29, 1.82) is 0 Å². The van der Waals surface area contributed by atoms with Crippen LogP contribution in [0.4, 0.5) is 0 Å². The first kappa shape index (κ1) is 15.8. The Hall–Kier alpha value is -3.74. The molecule has 0 radical (unpaired) electrons. The summed E-state index contributed by atoms with van der Waals surface area (Å²) < 4.78 is 1.58. The van der Waals surface area contributed by atoms with E-state index in [-0.39, 0.29) is 16.8 Å². The zero-order valence-corrected chi connectivity index (χ0v) is 13.5. The first-order chi connectivity index (χ1) is 12.6. The van der Waals surface area contributed by atoms with Gasteiger partial charge in [0.15, 0.2) is 5.69 Å². The van der Waals surface area contributed by atoms with Crippen molar-refractivity contribution in [1.82, 2.24) is 14.8 Å². The number of carbonyl (C=O) groups excluding carboxylic acids is 3. The van der Waals surface area contributed by atoms with Crippen LogP contribution in [0.25, 0.3) is 0 Å². The van der Waals surface area contributed by atoms with E-state index >= 15 is 0 Å². The fourth-order valence-electron chi connectivity index (χ4n) is 2.71. The molecule has 0 saturated carbocycles. The lowest BCUT2D eigenvalue weighted by atomic mass is 10.1. The lowest BCUT2D eigenvalue weighted by Gasteiger charge is -2.11. The van der Waals surface area contributed by atoms with Crippen LogP contribution in [-0.4, -0.2) is 32.6 Å². The zero-order chi connectivity index (χ0) is 18.1. The van der Waals surface area contributed by atoms with Gasteiger partial charge in [0.05, 0.1) is 17.7 Å². The van der Waals surface area contributed by atoms with Gasteiger partial charge in [0.2, 0.25) is 0 Å². The maximum Gasteiger partial charge on any atom is 0.384 e. The molecular formula is C19H13N3O4. The number of benzene rings is 2. The molecule has 2 heterocycles. The van der Waals surface area contributed by atoms with E-state index in [1.165, 1.54) is 18.2 Å². The summed E-state index contributed by atoms with van der Waals surface area (Å²) in [4.78, 5) is 41.7. The highest BCUT2D eigenvalue weighted by Crippen LogP contribution is 2.23. The number of amides is 2. The standard InChI is InChI=1S/C19H13N3O4/c23-17-14-8-4-5-9-15(14)18(24)22(17)26-19(25)16-10-11-21(20-16)12-13-6-2-1-3-7-13/h1-11H,12H2. The van der Waals surface area contributed by atoms with E-state index in [2.05, 4.69) is 5.10 Å². The number of hydrogen-bond acceptors (Lipinski definition) is 5. The minimum atomic E-state index is -0.869. The molecular weight excluding hydrogens is 334 g/mol. The van der Waals surface area contributed by atoms with Gasteiger partial charge in [-0.3, -0.25) is 14.3 Å². The number of carbonyl (C=O) groups is 3. The summed E-state index contributed by atoms with van der Waals surface area (Å²) >= 11 is 0. The average Bonchev–Trinajstić information content (AvgIpc) is 3.22. The molecule has 0 unspecified atom stereocenters. The smallest absolute Gasteiger partial charge is 0.322 e. The lowest BCUT2D eigenvalue weighted by molar-refractivity contribution is -0.0588. The van der Waals surface area contributed by atoms with Crippen molar-refractivity contribution >= 4 is 17.8 Å². The van der Waals surface area contributed by atoms with E-state index in [1.807, 2.05) is 30.3 Å². The van der Waals surface area contributed by atoms with Gasteiger partial charge in [-0.2, -0.15) is 5.10 Å². The summed E-state index contributed by atoms with van der Waals surface area (Å²) in [6.07, 6.45) is 1.63. The summed E-state index contributed by atoms with van der Waals surface area (Å²) in [5.41, 5.74) is 1.45. The number of rotatable bonds is 4. The van der Waals surface area contributed by atoms with Crippen molar-refractivity contribution in [2.75, 3.05) is 0 Å². The highest BCUT2D eigenvalue weighted by atomic mass is 16.7. The molecule has 7 nitrogen and oxygen atoms in total. The van der Waals surface area contributed by atoms with Gasteiger partial charge in [-0.1, -0.05) is 47.5 Å². The van der Waals surface area contributed by atoms with Crippen LogP contribution in [0, 0.1) is 0 Å². The highest BCUT2D eigenvalue weighted by Gasteiger charge is 2.39. The van der Waals surface area contributed by atoms with Gasteiger partial charge in [-0.25, -0.2) is 4.79 Å². The third kappa shape index (κ3) is 2.75. The molecule has 128 valence electrons. The van der Waals surface area contributed by atoms with Crippen LogP contribution in [0.1, 0.15) is 36.8 Å². The van der Waals surface area contributed by atoms with Crippen molar-refractivity contribution < 1.29 is 19.2 Å². The lowest BCUT2D eigenvalue weighted by Crippen LogP contribution is -2.32. The number of imide groups is 1. The second-order valence-corrected chi connectivity index (χ2v) is 5.71. The van der Waals surface area contributed by atoms with Gasteiger partial charge in [-0.15, -0.1) is 0 Å². The Bertz CT molecular complexity index is 975. The molecule has 0 fully saturated rings. The molecule has 0 N–H and O–H groups in total. The van der Waals surface area contributed by atoms with Crippen LogP contribution in [0.15, 0.2) is 66.9 Å². The van der Waals surface area contributed by atoms with E-state index in [9.17, 15) is 14.4 Å². The number of hydrogen-bond donors (Lipinski definition) is 0. The Balaban J connectivity index is 1.48. The fraction of sp³-hybridized carbons (Fsp3) is 0.0526. The minimum Gasteiger partial charge on any atom is -0.322 e. The third-order valence-corrected chi connectivity index (χ3v) is 3.97. The Morgan fingerprint density at radius 2 is 1.50 bits per heavy atom. The van der Waals surface area contributed by atoms with Crippen molar-refractivity contribution in [2.24, 2.45) is 0 Å². The molecule has 1 aliphatic rings. The summed E-state index contributed by atoms with van der Waals surface area (Å²) in [6.45, 7) is 0.487. The molecule has 1 aromatic heterocycles. The molecule has 4 rings (SSSR count). The van der Waals surface area contributed by atoms with Crippen molar-refractivity contribution in [2.45, 2.75) is 6.54 Å². The molecule has 1 aliphatic heterocycles. The molecule has 0 bridgehead atoms. The van der Waals surface area contributed by atoms with Gasteiger partial charge in [0, 0.05) is 6.20 Å². The fourth-order valence-corrected chi connectivity index (χ4v) is 2.71. The molecule has 0 aliphatic carbocycles. The average molecular weight is 347 g/mol. The Morgan fingerprint density at radius 3 is 2.15 bits per heavy atom. The zero-order valence-electron chi connectivity index (χ0n) is 13.5. The molecule has 26 heavy (non-hydrogen) atoms. The maximum absolute atomic E-state index is 12.3. The van der Waals surface area contributed by atoms with Gasteiger partial charge in [-0.05, 0) is 23.8 Å². The van der Waals surface area contributed by atoms with Crippen LogP contribution in [0.2, 0.25) is 0 Å². The van der Waals surface area contributed by atoms with E-state index in [1.54, 1.807) is 23.0 Å². The maximum atomic E-state index is 12.3. The van der Waals surface area contributed by atoms with Crippen molar-refractivity contribution in [3.63, 3.8) is 0 Å². The molecule has 0 saturated heterocycles. The predicted octanol–water partition coefficient (Wildman–Crippen LogP) is 2.30. The largest absolute Gasteiger partial charge is 0.384 e. The number of fused-ring (bicyclic) bond motifs is 1. The van der Waals surface area contributed by atoms with E-state index in [0.29, 0.717) is 11.6 Å². The Kier molecular flexibility index (Phi) is 3.81. The van der Waals surface area contributed by atoms with Crippen LogP contribution in [0.5, 0.6) is 0 Å². The summed E-state index contributed by atoms with van der Waals surface area (Å²) in [5, 5.41) is 4.62. The number of nitrogens with zero attached hydrogens (tertiary/aromatic N) is 3. The summed E-state index contributed by atoms with van der Waals surface area (Å²) in [7, 11) is 0. The molecule has 7 heteroatoms. The monoisotopic (exact) mass is 347 g/mol. The molecule has 3 aromatic rings. The van der Waals surface area contributed by atoms with Crippen molar-refractivity contribution in [3.05, 3.63) is 89.2 Å². The SMILES string of the molecule is O=C(ON1C(=O)c2ccccc2C1=O)c1ccn(Cc2ccccc2)n1. The Morgan fingerprint density at radius 1 is 0.885 bits per heavy atom. The second-order valence-electron chi connectivity index (χ2n) is 5.71. The molecule has 2 aromatic carbocycles. The normalized spacial score (nSPS) is 13.0.